The Bertz CT molecular complexity index is 428. The molecule has 18 heavy (non-hydrogen) atoms. The standard InChI is InChI=1S/C16H22OSe/c1-15(2)12-8-9-16(15,14(17)10-12)11-18-13-6-4-3-5-7-13/h3-7,12,14,17H,8-11H2,1-2H3. The molecule has 2 aliphatic carbocycles. The zero-order chi connectivity index (χ0) is 12.8. The fraction of sp³-hybridized carbons (Fsp3) is 0.625. The summed E-state index contributed by atoms with van der Waals surface area (Å²) in [5.41, 5.74) is 0.538. The van der Waals surface area contributed by atoms with E-state index in [-0.39, 0.29) is 11.5 Å². The van der Waals surface area contributed by atoms with Gasteiger partial charge in [0.2, 0.25) is 0 Å². The number of hydrogen-bond donors (Lipinski definition) is 1. The molecule has 2 aliphatic rings. The van der Waals surface area contributed by atoms with Gasteiger partial charge >= 0.3 is 116 Å². The van der Waals surface area contributed by atoms with E-state index < -0.39 is 0 Å². The molecule has 3 atom stereocenters. The van der Waals surface area contributed by atoms with Crippen molar-refractivity contribution in [1.82, 2.24) is 0 Å². The first-order valence-electron chi connectivity index (χ1n) is 6.92. The summed E-state index contributed by atoms with van der Waals surface area (Å²) in [6, 6.07) is 10.8. The van der Waals surface area contributed by atoms with Gasteiger partial charge in [0, 0.05) is 0 Å². The molecule has 1 aromatic carbocycles. The monoisotopic (exact) mass is 310 g/mol. The summed E-state index contributed by atoms with van der Waals surface area (Å²) in [7, 11) is 0. The molecule has 0 spiro atoms. The molecule has 0 aromatic heterocycles. The van der Waals surface area contributed by atoms with Crippen LogP contribution in [0.3, 0.4) is 0 Å². The van der Waals surface area contributed by atoms with Crippen molar-refractivity contribution in [2.45, 2.75) is 44.5 Å². The maximum absolute atomic E-state index is 10.5. The number of aliphatic hydroxyl groups is 1. The second kappa shape index (κ2) is 4.37. The van der Waals surface area contributed by atoms with E-state index in [1.165, 1.54) is 22.6 Å². The van der Waals surface area contributed by atoms with Crippen molar-refractivity contribution in [3.05, 3.63) is 30.3 Å². The van der Waals surface area contributed by atoms with Gasteiger partial charge < -0.3 is 0 Å². The molecule has 2 fully saturated rings. The summed E-state index contributed by atoms with van der Waals surface area (Å²) in [5, 5.41) is 11.7. The molecule has 0 heterocycles. The van der Waals surface area contributed by atoms with E-state index in [1.807, 2.05) is 0 Å². The van der Waals surface area contributed by atoms with Crippen molar-refractivity contribution in [2.24, 2.45) is 16.7 Å². The average molecular weight is 309 g/mol. The Morgan fingerprint density at radius 3 is 2.56 bits per heavy atom. The van der Waals surface area contributed by atoms with E-state index in [0.717, 1.165) is 12.3 Å². The average Bonchev–Trinajstić information content (AvgIpc) is 2.72. The summed E-state index contributed by atoms with van der Waals surface area (Å²) in [4.78, 5) is 0. The van der Waals surface area contributed by atoms with E-state index >= 15 is 0 Å². The van der Waals surface area contributed by atoms with Crippen LogP contribution in [0.5, 0.6) is 0 Å². The molecular weight excluding hydrogens is 287 g/mol. The predicted molar refractivity (Wildman–Crippen MR) is 76.2 cm³/mol. The molecule has 1 N–H and O–H groups in total. The number of aliphatic hydroxyl groups excluding tert-OH is 1. The van der Waals surface area contributed by atoms with Crippen LogP contribution >= 0.6 is 0 Å². The van der Waals surface area contributed by atoms with Gasteiger partial charge in [-0.15, -0.1) is 0 Å². The van der Waals surface area contributed by atoms with E-state index in [0.29, 0.717) is 20.4 Å². The molecule has 98 valence electrons. The normalized spacial score (nSPS) is 37.1. The molecule has 2 saturated carbocycles. The fourth-order valence-corrected chi connectivity index (χ4v) is 7.22. The summed E-state index contributed by atoms with van der Waals surface area (Å²) in [6.07, 6.45) is 3.55. The summed E-state index contributed by atoms with van der Waals surface area (Å²) in [6.45, 7) is 4.78. The van der Waals surface area contributed by atoms with Crippen molar-refractivity contribution in [3.63, 3.8) is 0 Å². The van der Waals surface area contributed by atoms with Crippen LogP contribution in [0.15, 0.2) is 30.3 Å². The van der Waals surface area contributed by atoms with E-state index in [4.69, 9.17) is 0 Å². The van der Waals surface area contributed by atoms with Crippen LogP contribution in [0, 0.1) is 16.7 Å². The Morgan fingerprint density at radius 1 is 1.28 bits per heavy atom. The van der Waals surface area contributed by atoms with Gasteiger partial charge in [0.05, 0.1) is 0 Å². The van der Waals surface area contributed by atoms with Gasteiger partial charge in [0.25, 0.3) is 0 Å². The van der Waals surface area contributed by atoms with Crippen molar-refractivity contribution in [2.75, 3.05) is 0 Å². The molecule has 0 saturated heterocycles. The van der Waals surface area contributed by atoms with Crippen molar-refractivity contribution < 1.29 is 5.11 Å². The topological polar surface area (TPSA) is 20.2 Å². The van der Waals surface area contributed by atoms with Crippen LogP contribution in [-0.2, 0) is 0 Å². The van der Waals surface area contributed by atoms with Gasteiger partial charge in [-0.3, -0.25) is 0 Å². The van der Waals surface area contributed by atoms with E-state index in [2.05, 4.69) is 44.2 Å². The number of benzene rings is 1. The molecule has 2 heteroatoms. The fourth-order valence-electron chi connectivity index (χ4n) is 4.11. The first-order chi connectivity index (χ1) is 8.56. The van der Waals surface area contributed by atoms with Gasteiger partial charge in [-0.05, 0) is 0 Å². The van der Waals surface area contributed by atoms with Crippen LogP contribution in [-0.4, -0.2) is 26.2 Å². The Hall–Kier alpha value is -0.301. The van der Waals surface area contributed by atoms with Crippen molar-refractivity contribution >= 4 is 19.4 Å². The second-order valence-corrected chi connectivity index (χ2v) is 8.67. The Labute approximate surface area is 116 Å². The minimum absolute atomic E-state index is 0.0585. The van der Waals surface area contributed by atoms with Crippen molar-refractivity contribution in [1.29, 1.82) is 0 Å². The molecular formula is C16H22OSe. The number of rotatable bonds is 3. The van der Waals surface area contributed by atoms with Crippen LogP contribution in [0.2, 0.25) is 5.32 Å². The minimum atomic E-state index is -0.0585. The number of fused-ring (bicyclic) bond motifs is 2. The third-order valence-electron chi connectivity index (χ3n) is 5.63. The molecule has 0 aliphatic heterocycles. The summed E-state index contributed by atoms with van der Waals surface area (Å²) < 4.78 is 1.47. The van der Waals surface area contributed by atoms with Gasteiger partial charge in [-0.1, -0.05) is 0 Å². The molecule has 1 aromatic rings. The molecule has 0 radical (unpaired) electrons. The quantitative estimate of drug-likeness (QED) is 0.851. The Kier molecular flexibility index (Phi) is 3.09. The Morgan fingerprint density at radius 2 is 2.00 bits per heavy atom. The third kappa shape index (κ3) is 1.70. The molecule has 0 amide bonds. The summed E-state index contributed by atoms with van der Waals surface area (Å²) in [5.74, 6) is 0.749. The van der Waals surface area contributed by atoms with E-state index in [1.54, 1.807) is 0 Å². The molecule has 3 rings (SSSR count). The third-order valence-corrected chi connectivity index (χ3v) is 8.28. The molecule has 3 unspecified atom stereocenters. The summed E-state index contributed by atoms with van der Waals surface area (Å²) >= 11 is 0.499. The van der Waals surface area contributed by atoms with Gasteiger partial charge in [-0.25, -0.2) is 0 Å². The van der Waals surface area contributed by atoms with E-state index in [9.17, 15) is 5.11 Å². The van der Waals surface area contributed by atoms with Gasteiger partial charge in [0.15, 0.2) is 0 Å². The van der Waals surface area contributed by atoms with Gasteiger partial charge in [-0.2, -0.15) is 0 Å². The SMILES string of the molecule is CC1(C)C2CCC1(C[Se]c1ccccc1)C(O)C2. The second-order valence-electron chi connectivity index (χ2n) is 6.47. The first kappa shape index (κ1) is 12.7. The van der Waals surface area contributed by atoms with Crippen LogP contribution in [0.25, 0.3) is 0 Å². The van der Waals surface area contributed by atoms with Crippen LogP contribution in [0.4, 0.5) is 0 Å². The van der Waals surface area contributed by atoms with Crippen LogP contribution < -0.4 is 4.46 Å². The predicted octanol–water partition coefficient (Wildman–Crippen LogP) is 2.62. The molecule has 1 nitrogen and oxygen atoms in total. The van der Waals surface area contributed by atoms with Crippen molar-refractivity contribution in [3.8, 4) is 0 Å². The molecule has 2 bridgehead atoms. The Balaban J connectivity index is 1.79. The van der Waals surface area contributed by atoms with Crippen LogP contribution in [0.1, 0.15) is 33.1 Å². The number of hydrogen-bond acceptors (Lipinski definition) is 1. The van der Waals surface area contributed by atoms with Gasteiger partial charge in [0.1, 0.15) is 0 Å². The maximum atomic E-state index is 10.5. The first-order valence-corrected chi connectivity index (χ1v) is 8.99. The zero-order valence-corrected chi connectivity index (χ0v) is 12.9. The zero-order valence-electron chi connectivity index (χ0n) is 11.2.